The first-order valence-corrected chi connectivity index (χ1v) is 7.02. The number of pyridine rings is 1. The van der Waals surface area contributed by atoms with E-state index in [-0.39, 0.29) is 6.04 Å². The van der Waals surface area contributed by atoms with Gasteiger partial charge in [-0.05, 0) is 30.0 Å². The molecule has 3 N–H and O–H groups in total. The Morgan fingerprint density at radius 2 is 1.95 bits per heavy atom. The summed E-state index contributed by atoms with van der Waals surface area (Å²) in [5, 5.41) is 1.19. The molecular formula is C16H23N3. The highest BCUT2D eigenvalue weighted by molar-refractivity contribution is 5.82. The minimum Gasteiger partial charge on any atom is -0.271 e. The highest BCUT2D eigenvalue weighted by atomic mass is 15.2. The van der Waals surface area contributed by atoms with E-state index in [1.54, 1.807) is 0 Å². The zero-order chi connectivity index (χ0) is 13.7. The van der Waals surface area contributed by atoms with E-state index < -0.39 is 0 Å². The molecule has 0 bridgehead atoms. The van der Waals surface area contributed by atoms with Crippen LogP contribution >= 0.6 is 0 Å². The zero-order valence-corrected chi connectivity index (χ0v) is 11.8. The predicted octanol–water partition coefficient (Wildman–Crippen LogP) is 3.57. The second-order valence-corrected chi connectivity index (χ2v) is 5.46. The highest BCUT2D eigenvalue weighted by Gasteiger charge is 2.13. The lowest BCUT2D eigenvalue weighted by molar-refractivity contribution is 0.457. The van der Waals surface area contributed by atoms with Crippen molar-refractivity contribution in [2.24, 2.45) is 11.8 Å². The van der Waals surface area contributed by atoms with Crippen LogP contribution < -0.4 is 11.3 Å². The van der Waals surface area contributed by atoms with E-state index in [0.29, 0.717) is 0 Å². The molecule has 1 atom stereocenters. The summed E-state index contributed by atoms with van der Waals surface area (Å²) >= 11 is 0. The Hall–Kier alpha value is -1.45. The fourth-order valence-corrected chi connectivity index (χ4v) is 2.48. The van der Waals surface area contributed by atoms with E-state index in [4.69, 9.17) is 5.84 Å². The fraction of sp³-hybridized carbons (Fsp3) is 0.438. The van der Waals surface area contributed by atoms with Gasteiger partial charge in [0.1, 0.15) is 0 Å². The van der Waals surface area contributed by atoms with Crippen LogP contribution in [0.25, 0.3) is 10.9 Å². The van der Waals surface area contributed by atoms with Crippen molar-refractivity contribution in [2.45, 2.75) is 39.2 Å². The molecule has 2 aromatic rings. The second kappa shape index (κ2) is 6.64. The van der Waals surface area contributed by atoms with Gasteiger partial charge in [-0.2, -0.15) is 0 Å². The molecule has 0 aliphatic carbocycles. The van der Waals surface area contributed by atoms with Crippen molar-refractivity contribution in [3.05, 3.63) is 42.1 Å². The van der Waals surface area contributed by atoms with Crippen molar-refractivity contribution in [3.8, 4) is 0 Å². The summed E-state index contributed by atoms with van der Waals surface area (Å²) in [5.74, 6) is 6.49. The Bertz CT molecular complexity index is 517. The molecule has 0 amide bonds. The van der Waals surface area contributed by atoms with E-state index in [2.05, 4.69) is 42.5 Å². The first-order valence-electron chi connectivity index (χ1n) is 7.02. The second-order valence-electron chi connectivity index (χ2n) is 5.46. The molecule has 0 saturated carbocycles. The van der Waals surface area contributed by atoms with Crippen LogP contribution in [0.1, 0.15) is 44.7 Å². The van der Waals surface area contributed by atoms with Crippen LogP contribution in [0.2, 0.25) is 0 Å². The fourth-order valence-electron chi connectivity index (χ4n) is 2.48. The summed E-state index contributed by atoms with van der Waals surface area (Å²) in [7, 11) is 0. The molecule has 1 aromatic heterocycles. The van der Waals surface area contributed by atoms with Crippen molar-refractivity contribution < 1.29 is 0 Å². The lowest BCUT2D eigenvalue weighted by Gasteiger charge is -2.18. The molecule has 19 heavy (non-hydrogen) atoms. The zero-order valence-electron chi connectivity index (χ0n) is 11.8. The van der Waals surface area contributed by atoms with Crippen molar-refractivity contribution in [3.63, 3.8) is 0 Å². The van der Waals surface area contributed by atoms with Crippen LogP contribution in [0.5, 0.6) is 0 Å². The Morgan fingerprint density at radius 3 is 2.68 bits per heavy atom. The van der Waals surface area contributed by atoms with Crippen LogP contribution in [0.15, 0.2) is 36.5 Å². The highest BCUT2D eigenvalue weighted by Crippen LogP contribution is 2.26. The van der Waals surface area contributed by atoms with E-state index in [0.717, 1.165) is 17.9 Å². The molecule has 0 fully saturated rings. The van der Waals surface area contributed by atoms with Gasteiger partial charge in [0, 0.05) is 17.6 Å². The summed E-state index contributed by atoms with van der Waals surface area (Å²) in [6.45, 7) is 4.51. The lowest BCUT2D eigenvalue weighted by atomic mass is 9.96. The maximum Gasteiger partial charge on any atom is 0.0705 e. The van der Waals surface area contributed by atoms with Gasteiger partial charge >= 0.3 is 0 Å². The largest absolute Gasteiger partial charge is 0.271 e. The molecule has 0 aliphatic rings. The molecule has 1 unspecified atom stereocenters. The molecule has 3 heteroatoms. The topological polar surface area (TPSA) is 50.9 Å². The summed E-state index contributed by atoms with van der Waals surface area (Å²) in [5.41, 5.74) is 5.24. The number of nitrogens with zero attached hydrogens (tertiary/aromatic N) is 1. The van der Waals surface area contributed by atoms with Gasteiger partial charge in [-0.3, -0.25) is 16.3 Å². The summed E-state index contributed by atoms with van der Waals surface area (Å²) in [6.07, 6.45) is 5.34. The molecule has 0 aliphatic heterocycles. The number of nitrogens with one attached hydrogen (secondary N) is 1. The number of hydrogen-bond acceptors (Lipinski definition) is 3. The Kier molecular flexibility index (Phi) is 4.88. The van der Waals surface area contributed by atoms with Crippen LogP contribution in [-0.2, 0) is 0 Å². The molecule has 1 heterocycles. The molecule has 0 saturated heterocycles. The number of aromatic nitrogens is 1. The summed E-state index contributed by atoms with van der Waals surface area (Å²) in [4.78, 5) is 4.40. The smallest absolute Gasteiger partial charge is 0.0705 e. The number of benzene rings is 1. The average molecular weight is 257 g/mol. The molecule has 1 aromatic carbocycles. The van der Waals surface area contributed by atoms with Crippen LogP contribution in [0.4, 0.5) is 0 Å². The first-order chi connectivity index (χ1) is 9.22. The van der Waals surface area contributed by atoms with E-state index in [9.17, 15) is 0 Å². The number of nitrogens with two attached hydrogens (primary N) is 1. The van der Waals surface area contributed by atoms with Crippen molar-refractivity contribution in [1.29, 1.82) is 0 Å². The van der Waals surface area contributed by atoms with Crippen LogP contribution in [-0.4, -0.2) is 4.98 Å². The molecule has 3 nitrogen and oxygen atoms in total. The van der Waals surface area contributed by atoms with Gasteiger partial charge in [-0.25, -0.2) is 0 Å². The van der Waals surface area contributed by atoms with Gasteiger partial charge in [0.2, 0.25) is 0 Å². The Balaban J connectivity index is 2.20. The van der Waals surface area contributed by atoms with Gasteiger partial charge in [0.05, 0.1) is 5.52 Å². The normalized spacial score (nSPS) is 13.1. The number of fused-ring (bicyclic) bond motifs is 1. The maximum atomic E-state index is 5.74. The number of rotatable bonds is 6. The minimum atomic E-state index is 0.201. The molecular weight excluding hydrogens is 234 g/mol. The maximum absolute atomic E-state index is 5.74. The summed E-state index contributed by atoms with van der Waals surface area (Å²) in [6, 6.07) is 10.5. The third-order valence-electron chi connectivity index (χ3n) is 3.53. The van der Waals surface area contributed by atoms with Crippen LogP contribution in [0.3, 0.4) is 0 Å². The Labute approximate surface area is 115 Å². The number of hydrazine groups is 1. The molecule has 0 radical (unpaired) electrons. The summed E-state index contributed by atoms with van der Waals surface area (Å²) < 4.78 is 0. The average Bonchev–Trinajstić information content (AvgIpc) is 2.43. The number of para-hydroxylation sites is 1. The van der Waals surface area contributed by atoms with Gasteiger partial charge < -0.3 is 0 Å². The Morgan fingerprint density at radius 1 is 1.16 bits per heavy atom. The minimum absolute atomic E-state index is 0.201. The molecule has 0 spiro atoms. The molecule has 2 rings (SSSR count). The van der Waals surface area contributed by atoms with Gasteiger partial charge in [0.15, 0.2) is 0 Å². The van der Waals surface area contributed by atoms with Gasteiger partial charge in [-0.15, -0.1) is 0 Å². The van der Waals surface area contributed by atoms with Crippen molar-refractivity contribution in [2.75, 3.05) is 0 Å². The third-order valence-corrected chi connectivity index (χ3v) is 3.53. The first kappa shape index (κ1) is 14.0. The predicted molar refractivity (Wildman–Crippen MR) is 80.5 cm³/mol. The third kappa shape index (κ3) is 3.52. The van der Waals surface area contributed by atoms with E-state index in [1.165, 1.54) is 23.8 Å². The van der Waals surface area contributed by atoms with Crippen molar-refractivity contribution >= 4 is 10.9 Å². The molecule has 102 valence electrons. The standard InChI is InChI=1S/C16H23N3/c1-12(2)6-5-9-16(19-17)14-10-11-18-15-8-4-3-7-13(14)15/h3-4,7-8,10-12,16,19H,5-6,9,17H2,1-2H3. The SMILES string of the molecule is CC(C)CCCC(NN)c1ccnc2ccccc12. The number of hydrogen-bond donors (Lipinski definition) is 2. The van der Waals surface area contributed by atoms with Gasteiger partial charge in [-0.1, -0.05) is 44.9 Å². The quantitative estimate of drug-likeness (QED) is 0.614. The van der Waals surface area contributed by atoms with E-state index in [1.807, 2.05) is 18.3 Å². The van der Waals surface area contributed by atoms with Crippen molar-refractivity contribution in [1.82, 2.24) is 10.4 Å². The van der Waals surface area contributed by atoms with E-state index >= 15 is 0 Å². The monoisotopic (exact) mass is 257 g/mol. The van der Waals surface area contributed by atoms with Crippen LogP contribution in [0, 0.1) is 5.92 Å². The van der Waals surface area contributed by atoms with Gasteiger partial charge in [0.25, 0.3) is 0 Å². The lowest BCUT2D eigenvalue weighted by Crippen LogP contribution is -2.28.